The molecule has 1 aliphatic rings. The van der Waals surface area contributed by atoms with Gasteiger partial charge in [0.25, 0.3) is 5.91 Å². The third kappa shape index (κ3) is 5.91. The number of piperidine rings is 1. The molecule has 4 heteroatoms. The van der Waals surface area contributed by atoms with E-state index in [0.29, 0.717) is 6.04 Å². The number of rotatable bonds is 8. The summed E-state index contributed by atoms with van der Waals surface area (Å²) >= 11 is 0. The van der Waals surface area contributed by atoms with Gasteiger partial charge in [-0.05, 0) is 44.0 Å². The number of carbonyl (C=O) groups is 1. The number of nitrogens with one attached hydrogen (secondary N) is 1. The smallest absolute Gasteiger partial charge is 0.253 e. The molecular weight excluding hydrogens is 334 g/mol. The number of hydrogen-bond acceptors (Lipinski definition) is 3. The van der Waals surface area contributed by atoms with Gasteiger partial charge in [0.1, 0.15) is 0 Å². The molecule has 27 heavy (non-hydrogen) atoms. The first-order valence-corrected chi connectivity index (χ1v) is 10.1. The number of benzene rings is 2. The maximum Gasteiger partial charge on any atom is 0.253 e. The van der Waals surface area contributed by atoms with Crippen molar-refractivity contribution >= 4 is 5.91 Å². The zero-order chi connectivity index (χ0) is 18.9. The van der Waals surface area contributed by atoms with Gasteiger partial charge in [-0.2, -0.15) is 0 Å². The standard InChI is InChI=1S/C23H31N3O/c1-2-26(23(27)21-12-7-4-8-13-21)17-15-24-22-14-9-16-25(19-22)18-20-10-5-3-6-11-20/h3-8,10-13,22,24H,2,9,14-19H2,1H3. The van der Waals surface area contributed by atoms with E-state index in [1.807, 2.05) is 42.2 Å². The second-order valence-electron chi connectivity index (χ2n) is 7.26. The van der Waals surface area contributed by atoms with Crippen LogP contribution in [-0.2, 0) is 6.54 Å². The summed E-state index contributed by atoms with van der Waals surface area (Å²) in [5.41, 5.74) is 2.15. The van der Waals surface area contributed by atoms with Gasteiger partial charge in [0, 0.05) is 44.3 Å². The van der Waals surface area contributed by atoms with E-state index < -0.39 is 0 Å². The molecule has 0 bridgehead atoms. The van der Waals surface area contributed by atoms with Crippen molar-refractivity contribution in [1.82, 2.24) is 15.1 Å². The monoisotopic (exact) mass is 365 g/mol. The van der Waals surface area contributed by atoms with E-state index in [1.54, 1.807) is 0 Å². The molecule has 0 aromatic heterocycles. The second kappa shape index (κ2) is 10.2. The van der Waals surface area contributed by atoms with Crippen LogP contribution in [0, 0.1) is 0 Å². The summed E-state index contributed by atoms with van der Waals surface area (Å²) in [4.78, 5) is 17.1. The molecule has 1 fully saturated rings. The molecular formula is C23H31N3O. The molecule has 1 heterocycles. The molecule has 0 radical (unpaired) electrons. The Morgan fingerprint density at radius 1 is 1.11 bits per heavy atom. The van der Waals surface area contributed by atoms with Crippen LogP contribution >= 0.6 is 0 Å². The topological polar surface area (TPSA) is 35.6 Å². The fraction of sp³-hybridized carbons (Fsp3) is 0.435. The quantitative estimate of drug-likeness (QED) is 0.779. The van der Waals surface area contributed by atoms with Gasteiger partial charge < -0.3 is 10.2 Å². The molecule has 1 atom stereocenters. The van der Waals surface area contributed by atoms with Crippen molar-refractivity contribution < 1.29 is 4.79 Å². The van der Waals surface area contributed by atoms with Crippen LogP contribution in [0.15, 0.2) is 60.7 Å². The van der Waals surface area contributed by atoms with Gasteiger partial charge in [0.2, 0.25) is 0 Å². The predicted octanol–water partition coefficient (Wildman–Crippen LogP) is 3.40. The van der Waals surface area contributed by atoms with E-state index in [1.165, 1.54) is 24.9 Å². The van der Waals surface area contributed by atoms with Gasteiger partial charge in [-0.25, -0.2) is 0 Å². The molecule has 1 N–H and O–H groups in total. The van der Waals surface area contributed by atoms with Crippen LogP contribution in [0.3, 0.4) is 0 Å². The summed E-state index contributed by atoms with van der Waals surface area (Å²) in [5, 5.41) is 3.67. The van der Waals surface area contributed by atoms with E-state index in [4.69, 9.17) is 0 Å². The molecule has 1 unspecified atom stereocenters. The number of nitrogens with zero attached hydrogens (tertiary/aromatic N) is 2. The van der Waals surface area contributed by atoms with Crippen LogP contribution in [0.5, 0.6) is 0 Å². The molecule has 3 rings (SSSR count). The first kappa shape index (κ1) is 19.6. The minimum absolute atomic E-state index is 0.120. The Bertz CT molecular complexity index is 689. The molecule has 0 saturated carbocycles. The highest BCUT2D eigenvalue weighted by Gasteiger charge is 2.20. The van der Waals surface area contributed by atoms with Gasteiger partial charge in [0.15, 0.2) is 0 Å². The first-order chi connectivity index (χ1) is 13.3. The maximum absolute atomic E-state index is 12.6. The van der Waals surface area contributed by atoms with E-state index in [9.17, 15) is 4.79 Å². The Kier molecular flexibility index (Phi) is 7.43. The van der Waals surface area contributed by atoms with E-state index in [2.05, 4.69) is 40.5 Å². The number of amides is 1. The van der Waals surface area contributed by atoms with Gasteiger partial charge in [-0.3, -0.25) is 9.69 Å². The van der Waals surface area contributed by atoms with Crippen molar-refractivity contribution in [3.63, 3.8) is 0 Å². The Morgan fingerprint density at radius 2 is 1.81 bits per heavy atom. The fourth-order valence-electron chi connectivity index (χ4n) is 3.78. The van der Waals surface area contributed by atoms with Gasteiger partial charge in [0.05, 0.1) is 0 Å². The highest BCUT2D eigenvalue weighted by molar-refractivity contribution is 5.94. The lowest BCUT2D eigenvalue weighted by Crippen LogP contribution is -2.47. The van der Waals surface area contributed by atoms with E-state index in [-0.39, 0.29) is 5.91 Å². The van der Waals surface area contributed by atoms with E-state index in [0.717, 1.165) is 38.3 Å². The zero-order valence-corrected chi connectivity index (χ0v) is 16.3. The number of hydrogen-bond donors (Lipinski definition) is 1. The molecule has 144 valence electrons. The molecule has 2 aromatic rings. The van der Waals surface area contributed by atoms with Crippen LogP contribution in [0.4, 0.5) is 0 Å². The highest BCUT2D eigenvalue weighted by atomic mass is 16.2. The lowest BCUT2D eigenvalue weighted by atomic mass is 10.0. The van der Waals surface area contributed by atoms with Crippen molar-refractivity contribution in [3.05, 3.63) is 71.8 Å². The third-order valence-electron chi connectivity index (χ3n) is 5.26. The normalized spacial score (nSPS) is 17.6. The van der Waals surface area contributed by atoms with Crippen molar-refractivity contribution in [2.75, 3.05) is 32.7 Å². The van der Waals surface area contributed by atoms with Gasteiger partial charge >= 0.3 is 0 Å². The van der Waals surface area contributed by atoms with Crippen molar-refractivity contribution in [2.24, 2.45) is 0 Å². The summed E-state index contributed by atoms with van der Waals surface area (Å²) in [6.45, 7) is 7.64. The van der Waals surface area contributed by atoms with Crippen LogP contribution < -0.4 is 5.32 Å². The SMILES string of the molecule is CCN(CCNC1CCCN(Cc2ccccc2)C1)C(=O)c1ccccc1. The van der Waals surface area contributed by atoms with Gasteiger partial charge in [-0.15, -0.1) is 0 Å². The molecule has 0 aliphatic carbocycles. The van der Waals surface area contributed by atoms with Crippen molar-refractivity contribution in [1.29, 1.82) is 0 Å². The Morgan fingerprint density at radius 3 is 2.52 bits per heavy atom. The minimum atomic E-state index is 0.120. The largest absolute Gasteiger partial charge is 0.338 e. The number of likely N-dealkylation sites (N-methyl/N-ethyl adjacent to an activating group) is 1. The Labute approximate surface area is 163 Å². The predicted molar refractivity (Wildman–Crippen MR) is 111 cm³/mol. The molecule has 0 spiro atoms. The average molecular weight is 366 g/mol. The van der Waals surface area contributed by atoms with Crippen molar-refractivity contribution in [3.8, 4) is 0 Å². The second-order valence-corrected chi connectivity index (χ2v) is 7.26. The third-order valence-corrected chi connectivity index (χ3v) is 5.26. The maximum atomic E-state index is 12.6. The number of carbonyl (C=O) groups excluding carboxylic acids is 1. The number of likely N-dealkylation sites (tertiary alicyclic amines) is 1. The van der Waals surface area contributed by atoms with Crippen LogP contribution in [0.25, 0.3) is 0 Å². The lowest BCUT2D eigenvalue weighted by Gasteiger charge is -2.34. The van der Waals surface area contributed by atoms with Gasteiger partial charge in [-0.1, -0.05) is 48.5 Å². The minimum Gasteiger partial charge on any atom is -0.338 e. The molecule has 1 aliphatic heterocycles. The van der Waals surface area contributed by atoms with Crippen LogP contribution in [0.1, 0.15) is 35.7 Å². The summed E-state index contributed by atoms with van der Waals surface area (Å²) in [6, 6.07) is 20.8. The molecule has 1 amide bonds. The average Bonchev–Trinajstić information content (AvgIpc) is 2.72. The molecule has 4 nitrogen and oxygen atoms in total. The zero-order valence-electron chi connectivity index (χ0n) is 16.3. The summed E-state index contributed by atoms with van der Waals surface area (Å²) in [6.07, 6.45) is 2.44. The Balaban J connectivity index is 1.44. The van der Waals surface area contributed by atoms with Crippen molar-refractivity contribution in [2.45, 2.75) is 32.4 Å². The lowest BCUT2D eigenvalue weighted by molar-refractivity contribution is 0.0761. The summed E-state index contributed by atoms with van der Waals surface area (Å²) in [7, 11) is 0. The Hall–Kier alpha value is -2.17. The molecule has 2 aromatic carbocycles. The molecule has 1 saturated heterocycles. The van der Waals surface area contributed by atoms with E-state index >= 15 is 0 Å². The first-order valence-electron chi connectivity index (χ1n) is 10.1. The fourth-order valence-corrected chi connectivity index (χ4v) is 3.78. The summed E-state index contributed by atoms with van der Waals surface area (Å²) in [5.74, 6) is 0.120. The highest BCUT2D eigenvalue weighted by Crippen LogP contribution is 2.13. The van der Waals surface area contributed by atoms with Crippen LogP contribution in [-0.4, -0.2) is 54.5 Å². The summed E-state index contributed by atoms with van der Waals surface area (Å²) < 4.78 is 0. The van der Waals surface area contributed by atoms with Crippen LogP contribution in [0.2, 0.25) is 0 Å².